The van der Waals surface area contributed by atoms with E-state index >= 15 is 0 Å². The van der Waals surface area contributed by atoms with E-state index in [9.17, 15) is 27.6 Å². The molecule has 3 rings (SSSR count). The zero-order chi connectivity index (χ0) is 22.9. The molecule has 1 saturated carbocycles. The molecule has 6 nitrogen and oxygen atoms in total. The number of halogens is 3. The van der Waals surface area contributed by atoms with Crippen LogP contribution in [0.25, 0.3) is 0 Å². The van der Waals surface area contributed by atoms with E-state index in [0.29, 0.717) is 16.8 Å². The number of nitrogens with one attached hydrogen (secondary N) is 1. The standard InChI is InChI=1S/C22H23F3N2O4/c1-4-31-21(30)19-12(2)18(13(3)26-19)17(28)11-27(16-9-10-16)20(29)14-5-7-15(8-6-14)22(23,24)25/h5-8,16,26H,4,9-11H2,1-3H3. The summed E-state index contributed by atoms with van der Waals surface area (Å²) < 4.78 is 43.3. The van der Waals surface area contributed by atoms with Gasteiger partial charge in [0.15, 0.2) is 5.78 Å². The zero-order valence-electron chi connectivity index (χ0n) is 17.4. The molecule has 0 aliphatic heterocycles. The summed E-state index contributed by atoms with van der Waals surface area (Å²) in [6.07, 6.45) is -3.05. The van der Waals surface area contributed by atoms with Crippen LogP contribution in [-0.2, 0) is 10.9 Å². The van der Waals surface area contributed by atoms with Gasteiger partial charge in [0.05, 0.1) is 18.7 Å². The largest absolute Gasteiger partial charge is 0.461 e. The fourth-order valence-corrected chi connectivity index (χ4v) is 3.53. The number of H-pyrrole nitrogens is 1. The number of carbonyl (C=O) groups is 3. The fourth-order valence-electron chi connectivity index (χ4n) is 3.53. The normalized spacial score (nSPS) is 13.7. The van der Waals surface area contributed by atoms with E-state index in [0.717, 1.165) is 37.1 Å². The van der Waals surface area contributed by atoms with Gasteiger partial charge in [-0.05, 0) is 63.4 Å². The van der Waals surface area contributed by atoms with E-state index < -0.39 is 23.6 Å². The lowest BCUT2D eigenvalue weighted by molar-refractivity contribution is -0.137. The number of nitrogens with zero attached hydrogens (tertiary/aromatic N) is 1. The highest BCUT2D eigenvalue weighted by Gasteiger charge is 2.36. The van der Waals surface area contributed by atoms with Gasteiger partial charge in [0, 0.05) is 22.9 Å². The fraction of sp³-hybridized carbons (Fsp3) is 0.409. The van der Waals surface area contributed by atoms with Crippen molar-refractivity contribution < 1.29 is 32.3 Å². The van der Waals surface area contributed by atoms with Gasteiger partial charge < -0.3 is 14.6 Å². The Bertz CT molecular complexity index is 1000. The number of aryl methyl sites for hydroxylation is 1. The van der Waals surface area contributed by atoms with Crippen LogP contribution in [0.2, 0.25) is 0 Å². The van der Waals surface area contributed by atoms with Crippen molar-refractivity contribution in [2.45, 2.75) is 45.8 Å². The van der Waals surface area contributed by atoms with Gasteiger partial charge in [0.1, 0.15) is 5.69 Å². The van der Waals surface area contributed by atoms with Crippen molar-refractivity contribution in [3.63, 3.8) is 0 Å². The highest BCUT2D eigenvalue weighted by Crippen LogP contribution is 2.31. The van der Waals surface area contributed by atoms with Crippen molar-refractivity contribution in [1.29, 1.82) is 0 Å². The molecule has 1 aliphatic rings. The summed E-state index contributed by atoms with van der Waals surface area (Å²) in [4.78, 5) is 42.3. The number of aromatic nitrogens is 1. The van der Waals surface area contributed by atoms with E-state index in [1.54, 1.807) is 20.8 Å². The molecule has 1 fully saturated rings. The SMILES string of the molecule is CCOC(=O)c1[nH]c(C)c(C(=O)CN(C(=O)c2ccc(C(F)(F)F)cc2)C2CC2)c1C. The van der Waals surface area contributed by atoms with Crippen molar-refractivity contribution in [2.75, 3.05) is 13.2 Å². The van der Waals surface area contributed by atoms with Gasteiger partial charge in [-0.15, -0.1) is 0 Å². The molecule has 1 heterocycles. The Morgan fingerprint density at radius 3 is 2.26 bits per heavy atom. The lowest BCUT2D eigenvalue weighted by Gasteiger charge is -2.22. The molecule has 9 heteroatoms. The number of aromatic amines is 1. The Morgan fingerprint density at radius 2 is 1.74 bits per heavy atom. The summed E-state index contributed by atoms with van der Waals surface area (Å²) in [6.45, 7) is 4.92. The number of carbonyl (C=O) groups excluding carboxylic acids is 3. The van der Waals surface area contributed by atoms with Crippen LogP contribution in [-0.4, -0.2) is 46.7 Å². The maximum atomic E-state index is 13.0. The van der Waals surface area contributed by atoms with Gasteiger partial charge in [0.25, 0.3) is 5.91 Å². The molecule has 0 bridgehead atoms. The number of hydrogen-bond acceptors (Lipinski definition) is 4. The van der Waals surface area contributed by atoms with E-state index in [1.807, 2.05) is 0 Å². The van der Waals surface area contributed by atoms with Crippen molar-refractivity contribution in [3.8, 4) is 0 Å². The van der Waals surface area contributed by atoms with Crippen molar-refractivity contribution in [2.24, 2.45) is 0 Å². The molecule has 1 aromatic carbocycles. The number of amides is 1. The third-order valence-corrected chi connectivity index (χ3v) is 5.22. The first kappa shape index (κ1) is 22.6. The number of benzene rings is 1. The number of Topliss-reactive ketones (excluding diaryl/α,β-unsaturated/α-hetero) is 1. The van der Waals surface area contributed by atoms with Crippen LogP contribution in [0, 0.1) is 13.8 Å². The number of esters is 1. The second-order valence-corrected chi connectivity index (χ2v) is 7.51. The van der Waals surface area contributed by atoms with Gasteiger partial charge in [-0.1, -0.05) is 0 Å². The molecular formula is C22H23F3N2O4. The maximum absolute atomic E-state index is 13.0. The van der Waals surface area contributed by atoms with Crippen LogP contribution in [0.15, 0.2) is 24.3 Å². The monoisotopic (exact) mass is 436 g/mol. The quantitative estimate of drug-likeness (QED) is 0.518. The minimum atomic E-state index is -4.49. The highest BCUT2D eigenvalue weighted by atomic mass is 19.4. The van der Waals surface area contributed by atoms with E-state index in [1.165, 1.54) is 4.90 Å². The molecule has 0 unspecified atom stereocenters. The first-order valence-corrected chi connectivity index (χ1v) is 9.92. The van der Waals surface area contributed by atoms with Crippen molar-refractivity contribution >= 4 is 17.7 Å². The van der Waals surface area contributed by atoms with Crippen LogP contribution in [0.1, 0.15) is 67.8 Å². The molecule has 1 amide bonds. The van der Waals surface area contributed by atoms with Crippen LogP contribution < -0.4 is 0 Å². The number of ether oxygens (including phenoxy) is 1. The minimum absolute atomic E-state index is 0.0856. The van der Waals surface area contributed by atoms with Crippen molar-refractivity contribution in [1.82, 2.24) is 9.88 Å². The first-order chi connectivity index (χ1) is 14.5. The highest BCUT2D eigenvalue weighted by molar-refractivity contribution is 6.06. The second-order valence-electron chi connectivity index (χ2n) is 7.51. The van der Waals surface area contributed by atoms with Crippen LogP contribution in [0.5, 0.6) is 0 Å². The maximum Gasteiger partial charge on any atom is 0.416 e. The number of ketones is 1. The molecule has 2 aromatic rings. The molecular weight excluding hydrogens is 413 g/mol. The van der Waals surface area contributed by atoms with Gasteiger partial charge in [-0.3, -0.25) is 9.59 Å². The summed E-state index contributed by atoms with van der Waals surface area (Å²) in [7, 11) is 0. The average molecular weight is 436 g/mol. The molecule has 0 spiro atoms. The lowest BCUT2D eigenvalue weighted by Crippen LogP contribution is -2.37. The number of alkyl halides is 3. The van der Waals surface area contributed by atoms with Crippen LogP contribution in [0.4, 0.5) is 13.2 Å². The Labute approximate surface area is 177 Å². The Hall–Kier alpha value is -3.10. The predicted octanol–water partition coefficient (Wildman–Crippen LogP) is 4.31. The van der Waals surface area contributed by atoms with Gasteiger partial charge >= 0.3 is 12.1 Å². The molecule has 1 aliphatic carbocycles. The molecule has 0 radical (unpaired) electrons. The van der Waals surface area contributed by atoms with E-state index in [2.05, 4.69) is 4.98 Å². The molecule has 1 aromatic heterocycles. The number of hydrogen-bond donors (Lipinski definition) is 1. The van der Waals surface area contributed by atoms with Crippen LogP contribution >= 0.6 is 0 Å². The molecule has 1 N–H and O–H groups in total. The summed E-state index contributed by atoms with van der Waals surface area (Å²) in [6, 6.07) is 3.81. The smallest absolute Gasteiger partial charge is 0.416 e. The Kier molecular flexibility index (Phi) is 6.24. The third kappa shape index (κ3) is 4.81. The first-order valence-electron chi connectivity index (χ1n) is 9.92. The van der Waals surface area contributed by atoms with Gasteiger partial charge in [-0.2, -0.15) is 13.2 Å². The zero-order valence-corrected chi connectivity index (χ0v) is 17.4. The van der Waals surface area contributed by atoms with Gasteiger partial charge in [0.2, 0.25) is 0 Å². The number of rotatable bonds is 7. The average Bonchev–Trinajstić information content (AvgIpc) is 3.49. The lowest BCUT2D eigenvalue weighted by atomic mass is 10.0. The Morgan fingerprint density at radius 1 is 1.13 bits per heavy atom. The van der Waals surface area contributed by atoms with Crippen molar-refractivity contribution in [3.05, 3.63) is 57.9 Å². The molecule has 0 atom stereocenters. The summed E-state index contributed by atoms with van der Waals surface area (Å²) in [5.41, 5.74) is 0.677. The molecule has 166 valence electrons. The van der Waals surface area contributed by atoms with Crippen LogP contribution in [0.3, 0.4) is 0 Å². The molecule has 31 heavy (non-hydrogen) atoms. The third-order valence-electron chi connectivity index (χ3n) is 5.22. The topological polar surface area (TPSA) is 79.5 Å². The predicted molar refractivity (Wildman–Crippen MR) is 106 cm³/mol. The second kappa shape index (κ2) is 8.56. The summed E-state index contributed by atoms with van der Waals surface area (Å²) in [5.74, 6) is -1.42. The molecule has 0 saturated heterocycles. The summed E-state index contributed by atoms with van der Waals surface area (Å²) >= 11 is 0. The van der Waals surface area contributed by atoms with Gasteiger partial charge in [-0.25, -0.2) is 4.79 Å². The van der Waals surface area contributed by atoms with E-state index in [-0.39, 0.29) is 36.2 Å². The summed E-state index contributed by atoms with van der Waals surface area (Å²) in [5, 5.41) is 0. The Balaban J connectivity index is 1.82. The minimum Gasteiger partial charge on any atom is -0.461 e. The van der Waals surface area contributed by atoms with E-state index in [4.69, 9.17) is 4.74 Å².